The highest BCUT2D eigenvalue weighted by Gasteiger charge is 2.33. The van der Waals surface area contributed by atoms with Crippen LogP contribution < -0.4 is 5.32 Å². The van der Waals surface area contributed by atoms with Crippen LogP contribution in [0.3, 0.4) is 0 Å². The van der Waals surface area contributed by atoms with Crippen molar-refractivity contribution >= 4 is 33.1 Å². The van der Waals surface area contributed by atoms with Gasteiger partial charge < -0.3 is 15.2 Å². The summed E-state index contributed by atoms with van der Waals surface area (Å²) in [5.74, 6) is 1.54. The molecule has 8 heteroatoms. The van der Waals surface area contributed by atoms with Gasteiger partial charge in [0, 0.05) is 54.1 Å². The SMILES string of the molecule is Cc1c(C2CCC(C(=O)N3CCNCC3)CC2)sc2[nH]c(-c3cc(C)c4ncnn4c3)c(C(C)C)c12. The fourth-order valence-electron chi connectivity index (χ4n) is 6.42. The first-order valence-corrected chi connectivity index (χ1v) is 14.2. The molecule has 0 atom stereocenters. The second kappa shape index (κ2) is 9.30. The van der Waals surface area contributed by atoms with Crippen molar-refractivity contribution in [2.24, 2.45) is 5.92 Å². The van der Waals surface area contributed by atoms with Crippen molar-refractivity contribution in [3.63, 3.8) is 0 Å². The van der Waals surface area contributed by atoms with Gasteiger partial charge >= 0.3 is 0 Å². The normalized spacial score (nSPS) is 21.2. The van der Waals surface area contributed by atoms with Crippen molar-refractivity contribution in [2.45, 2.75) is 65.2 Å². The Balaban J connectivity index is 1.28. The standard InChI is InChI=1S/C28H36N6OS/c1-16(2)22-23-18(4)25(19-5-7-20(8-6-19)28(35)33-11-9-29-10-12-33)36-27(23)32-24(22)21-13-17(3)26-30-15-31-34(26)14-21/h13-16,19-20,29,32H,5-12H2,1-4H3. The topological polar surface area (TPSA) is 78.3 Å². The molecular weight excluding hydrogens is 468 g/mol. The Bertz CT molecular complexity index is 1410. The molecule has 6 rings (SSSR count). The molecule has 4 aromatic heterocycles. The van der Waals surface area contributed by atoms with Crippen molar-refractivity contribution in [1.82, 2.24) is 29.8 Å². The summed E-state index contributed by atoms with van der Waals surface area (Å²) in [5, 5.41) is 9.14. The summed E-state index contributed by atoms with van der Waals surface area (Å²) in [4.78, 5) is 26.1. The average molecular weight is 505 g/mol. The van der Waals surface area contributed by atoms with Gasteiger partial charge in [0.1, 0.15) is 11.2 Å². The lowest BCUT2D eigenvalue weighted by atomic mass is 9.79. The zero-order chi connectivity index (χ0) is 25.0. The number of H-pyrrole nitrogens is 1. The summed E-state index contributed by atoms with van der Waals surface area (Å²) in [6.07, 6.45) is 7.95. The Morgan fingerprint density at radius 2 is 1.89 bits per heavy atom. The van der Waals surface area contributed by atoms with Gasteiger partial charge in [-0.05, 0) is 74.1 Å². The molecule has 2 N–H and O–H groups in total. The van der Waals surface area contributed by atoms with Gasteiger partial charge in [0.15, 0.2) is 5.65 Å². The maximum absolute atomic E-state index is 13.0. The van der Waals surface area contributed by atoms with Crippen molar-refractivity contribution in [1.29, 1.82) is 0 Å². The zero-order valence-corrected chi connectivity index (χ0v) is 22.5. The number of fused-ring (bicyclic) bond motifs is 2. The van der Waals surface area contributed by atoms with Gasteiger partial charge in [0.2, 0.25) is 5.91 Å². The molecule has 0 radical (unpaired) electrons. The second-order valence-corrected chi connectivity index (χ2v) is 12.0. The number of piperazine rings is 1. The number of hydrogen-bond acceptors (Lipinski definition) is 5. The number of amides is 1. The third kappa shape index (κ3) is 3.95. The van der Waals surface area contributed by atoms with E-state index >= 15 is 0 Å². The van der Waals surface area contributed by atoms with Crippen LogP contribution in [0.25, 0.3) is 27.1 Å². The molecule has 1 saturated carbocycles. The van der Waals surface area contributed by atoms with Crippen LogP contribution in [0.2, 0.25) is 0 Å². The summed E-state index contributed by atoms with van der Waals surface area (Å²) in [7, 11) is 0. The molecule has 2 aliphatic rings. The van der Waals surface area contributed by atoms with Crippen molar-refractivity contribution in [3.05, 3.63) is 40.2 Å². The molecule has 0 bridgehead atoms. The molecule has 190 valence electrons. The van der Waals surface area contributed by atoms with Crippen molar-refractivity contribution in [3.8, 4) is 11.3 Å². The Hall–Kier alpha value is -2.71. The number of aryl methyl sites for hydroxylation is 2. The van der Waals surface area contributed by atoms with Crippen molar-refractivity contribution < 1.29 is 4.79 Å². The lowest BCUT2D eigenvalue weighted by Crippen LogP contribution is -2.48. The van der Waals surface area contributed by atoms with E-state index in [0.717, 1.165) is 68.6 Å². The Morgan fingerprint density at radius 1 is 1.14 bits per heavy atom. The molecule has 0 aromatic carbocycles. The number of aromatic amines is 1. The van der Waals surface area contributed by atoms with Crippen LogP contribution in [0, 0.1) is 19.8 Å². The van der Waals surface area contributed by atoms with E-state index < -0.39 is 0 Å². The smallest absolute Gasteiger partial charge is 0.225 e. The summed E-state index contributed by atoms with van der Waals surface area (Å²) in [5.41, 5.74) is 7.21. The highest BCUT2D eigenvalue weighted by molar-refractivity contribution is 7.19. The fraction of sp³-hybridized carbons (Fsp3) is 0.536. The monoisotopic (exact) mass is 504 g/mol. The largest absolute Gasteiger partial charge is 0.346 e. The minimum Gasteiger partial charge on any atom is -0.346 e. The first kappa shape index (κ1) is 23.7. The van der Waals surface area contributed by atoms with E-state index in [1.165, 1.54) is 31.9 Å². The molecule has 1 amide bonds. The van der Waals surface area contributed by atoms with Gasteiger partial charge in [-0.1, -0.05) is 13.8 Å². The quantitative estimate of drug-likeness (QED) is 0.391. The predicted molar refractivity (Wildman–Crippen MR) is 146 cm³/mol. The van der Waals surface area contributed by atoms with Gasteiger partial charge in [0.05, 0.1) is 5.69 Å². The van der Waals surface area contributed by atoms with Crippen LogP contribution in [0.5, 0.6) is 0 Å². The van der Waals surface area contributed by atoms with Crippen LogP contribution in [0.1, 0.15) is 72.9 Å². The molecule has 0 unspecified atom stereocenters. The number of carbonyl (C=O) groups is 1. The van der Waals surface area contributed by atoms with E-state index in [1.807, 2.05) is 15.9 Å². The molecule has 2 fully saturated rings. The minimum absolute atomic E-state index is 0.206. The Kier molecular flexibility index (Phi) is 6.12. The van der Waals surface area contributed by atoms with Gasteiger partial charge in [-0.2, -0.15) is 5.10 Å². The average Bonchev–Trinajstić information content (AvgIpc) is 3.59. The van der Waals surface area contributed by atoms with Crippen LogP contribution in [-0.4, -0.2) is 56.6 Å². The maximum Gasteiger partial charge on any atom is 0.225 e. The number of nitrogens with one attached hydrogen (secondary N) is 2. The summed E-state index contributed by atoms with van der Waals surface area (Å²) in [6.45, 7) is 12.5. The van der Waals surface area contributed by atoms with E-state index in [-0.39, 0.29) is 5.92 Å². The number of hydrogen-bond donors (Lipinski definition) is 2. The number of carbonyl (C=O) groups excluding carboxylic acids is 1. The van der Waals surface area contributed by atoms with Crippen molar-refractivity contribution in [2.75, 3.05) is 26.2 Å². The number of rotatable bonds is 4. The Morgan fingerprint density at radius 3 is 2.61 bits per heavy atom. The van der Waals surface area contributed by atoms with Gasteiger partial charge in [0.25, 0.3) is 0 Å². The summed E-state index contributed by atoms with van der Waals surface area (Å²) >= 11 is 1.93. The molecule has 7 nitrogen and oxygen atoms in total. The van der Waals surface area contributed by atoms with E-state index in [4.69, 9.17) is 0 Å². The van der Waals surface area contributed by atoms with Crippen LogP contribution in [-0.2, 0) is 4.79 Å². The molecule has 1 aliphatic heterocycles. The van der Waals surface area contributed by atoms with Gasteiger partial charge in [-0.3, -0.25) is 4.79 Å². The molecular formula is C28H36N6OS. The second-order valence-electron chi connectivity index (χ2n) is 10.9. The molecule has 5 heterocycles. The van der Waals surface area contributed by atoms with E-state index in [9.17, 15) is 4.79 Å². The number of pyridine rings is 1. The Labute approximate surface area is 216 Å². The highest BCUT2D eigenvalue weighted by atomic mass is 32.1. The van der Waals surface area contributed by atoms with Gasteiger partial charge in [-0.15, -0.1) is 11.3 Å². The van der Waals surface area contributed by atoms with Crippen LogP contribution in [0.15, 0.2) is 18.6 Å². The maximum atomic E-state index is 13.0. The fourth-order valence-corrected chi connectivity index (χ4v) is 7.82. The van der Waals surface area contributed by atoms with Gasteiger partial charge in [-0.25, -0.2) is 9.50 Å². The summed E-state index contributed by atoms with van der Waals surface area (Å²) < 4.78 is 1.88. The molecule has 4 aromatic rings. The van der Waals surface area contributed by atoms with E-state index in [2.05, 4.69) is 65.2 Å². The minimum atomic E-state index is 0.206. The predicted octanol–water partition coefficient (Wildman–Crippen LogP) is 5.38. The van der Waals surface area contributed by atoms with E-state index in [1.54, 1.807) is 6.33 Å². The lowest BCUT2D eigenvalue weighted by Gasteiger charge is -2.34. The first-order valence-electron chi connectivity index (χ1n) is 13.4. The van der Waals surface area contributed by atoms with E-state index in [0.29, 0.717) is 17.7 Å². The number of nitrogens with zero attached hydrogens (tertiary/aromatic N) is 4. The van der Waals surface area contributed by atoms with Crippen LogP contribution in [0.4, 0.5) is 0 Å². The lowest BCUT2D eigenvalue weighted by molar-refractivity contribution is -0.137. The molecule has 1 aliphatic carbocycles. The van der Waals surface area contributed by atoms with Crippen LogP contribution >= 0.6 is 11.3 Å². The number of thiophene rings is 1. The summed E-state index contributed by atoms with van der Waals surface area (Å²) in [6, 6.07) is 2.22. The molecule has 1 saturated heterocycles. The third-order valence-corrected chi connectivity index (χ3v) is 9.63. The third-order valence-electron chi connectivity index (χ3n) is 8.26. The molecule has 36 heavy (non-hydrogen) atoms. The zero-order valence-electron chi connectivity index (χ0n) is 21.7. The molecule has 0 spiro atoms. The number of aromatic nitrogens is 4. The highest BCUT2D eigenvalue weighted by Crippen LogP contribution is 2.47. The first-order chi connectivity index (χ1) is 17.4.